The highest BCUT2D eigenvalue weighted by Gasteiger charge is 2.23. The Balaban J connectivity index is 1.86. The van der Waals surface area contributed by atoms with Crippen molar-refractivity contribution in [3.8, 4) is 0 Å². The van der Waals surface area contributed by atoms with Gasteiger partial charge in [0, 0.05) is 29.3 Å². The lowest BCUT2D eigenvalue weighted by Crippen LogP contribution is -2.18. The summed E-state index contributed by atoms with van der Waals surface area (Å²) in [5, 5.41) is 0. The summed E-state index contributed by atoms with van der Waals surface area (Å²) in [6.45, 7) is 0.948. The molecule has 3 rings (SSSR count). The van der Waals surface area contributed by atoms with Gasteiger partial charge in [-0.1, -0.05) is 30.4 Å². The van der Waals surface area contributed by atoms with Crippen LogP contribution < -0.4 is 5.73 Å². The Bertz CT molecular complexity index is 589. The molecule has 92 valence electrons. The number of aromatic nitrogens is 1. The maximum Gasteiger partial charge on any atom is 0.120 e. The lowest BCUT2D eigenvalue weighted by molar-refractivity contribution is 0.605. The van der Waals surface area contributed by atoms with Gasteiger partial charge in [0.2, 0.25) is 0 Å². The molecule has 1 aromatic heterocycles. The van der Waals surface area contributed by atoms with Crippen LogP contribution in [0.5, 0.6) is 0 Å². The van der Waals surface area contributed by atoms with Crippen molar-refractivity contribution in [2.24, 2.45) is 5.73 Å². The lowest BCUT2D eigenvalue weighted by atomic mass is 10.0. The second-order valence-electron chi connectivity index (χ2n) is 4.46. The largest absolute Gasteiger partial charge is 0.388 e. The van der Waals surface area contributed by atoms with Crippen molar-refractivity contribution in [1.29, 1.82) is 0 Å². The molecular formula is C14H14N2S2. The van der Waals surface area contributed by atoms with Gasteiger partial charge in [-0.15, -0.1) is 11.8 Å². The van der Waals surface area contributed by atoms with Crippen molar-refractivity contribution in [2.45, 2.75) is 17.4 Å². The minimum atomic E-state index is 0.471. The van der Waals surface area contributed by atoms with Gasteiger partial charge in [0.05, 0.1) is 5.69 Å². The summed E-state index contributed by atoms with van der Waals surface area (Å²) in [5.74, 6) is 1.68. The molecule has 18 heavy (non-hydrogen) atoms. The summed E-state index contributed by atoms with van der Waals surface area (Å²) < 4.78 is 2.16. The van der Waals surface area contributed by atoms with Crippen molar-refractivity contribution in [3.05, 3.63) is 53.9 Å². The second kappa shape index (κ2) is 4.78. The van der Waals surface area contributed by atoms with Gasteiger partial charge >= 0.3 is 0 Å². The Morgan fingerprint density at radius 2 is 2.17 bits per heavy atom. The fourth-order valence-corrected chi connectivity index (χ4v) is 3.84. The number of thiocarbonyl (C=S) groups is 1. The van der Waals surface area contributed by atoms with Crippen LogP contribution in [-0.2, 0) is 6.54 Å². The zero-order valence-corrected chi connectivity index (χ0v) is 11.5. The molecule has 2 nitrogen and oxygen atoms in total. The highest BCUT2D eigenvalue weighted by atomic mass is 32.2. The molecule has 2 N–H and O–H groups in total. The van der Waals surface area contributed by atoms with Gasteiger partial charge in [-0.05, 0) is 23.8 Å². The molecule has 0 aliphatic carbocycles. The van der Waals surface area contributed by atoms with Gasteiger partial charge < -0.3 is 10.3 Å². The minimum absolute atomic E-state index is 0.471. The van der Waals surface area contributed by atoms with E-state index >= 15 is 0 Å². The first-order valence-corrected chi connectivity index (χ1v) is 7.32. The van der Waals surface area contributed by atoms with Crippen LogP contribution in [0.3, 0.4) is 0 Å². The topological polar surface area (TPSA) is 30.9 Å². The first-order chi connectivity index (χ1) is 8.75. The van der Waals surface area contributed by atoms with Gasteiger partial charge in [-0.3, -0.25) is 0 Å². The summed E-state index contributed by atoms with van der Waals surface area (Å²) in [6, 6.07) is 12.6. The third-order valence-corrected chi connectivity index (χ3v) is 4.76. The number of hydrogen-bond acceptors (Lipinski definition) is 2. The third-order valence-electron chi connectivity index (χ3n) is 3.30. The van der Waals surface area contributed by atoms with Crippen LogP contribution in [0.1, 0.15) is 17.2 Å². The van der Waals surface area contributed by atoms with Gasteiger partial charge in [0.15, 0.2) is 0 Å². The molecular weight excluding hydrogens is 260 g/mol. The average molecular weight is 274 g/mol. The van der Waals surface area contributed by atoms with Gasteiger partial charge in [-0.2, -0.15) is 0 Å². The molecule has 2 heterocycles. The summed E-state index contributed by atoms with van der Waals surface area (Å²) in [7, 11) is 0. The van der Waals surface area contributed by atoms with E-state index in [0.29, 0.717) is 10.9 Å². The maximum atomic E-state index is 5.73. The molecule has 4 heteroatoms. The Morgan fingerprint density at radius 3 is 3.00 bits per heavy atom. The number of hydrogen-bond donors (Lipinski definition) is 1. The van der Waals surface area contributed by atoms with E-state index in [1.165, 1.54) is 10.5 Å². The van der Waals surface area contributed by atoms with E-state index in [4.69, 9.17) is 18.0 Å². The van der Waals surface area contributed by atoms with E-state index in [0.717, 1.165) is 18.0 Å². The first-order valence-electron chi connectivity index (χ1n) is 5.92. The van der Waals surface area contributed by atoms with Gasteiger partial charge in [0.1, 0.15) is 4.99 Å². The summed E-state index contributed by atoms with van der Waals surface area (Å²) in [5.41, 5.74) is 8.14. The smallest absolute Gasteiger partial charge is 0.120 e. The van der Waals surface area contributed by atoms with Crippen LogP contribution in [0, 0.1) is 0 Å². The highest BCUT2D eigenvalue weighted by Crippen LogP contribution is 2.40. The maximum absolute atomic E-state index is 5.73. The lowest BCUT2D eigenvalue weighted by Gasteiger charge is -2.14. The van der Waals surface area contributed by atoms with Gasteiger partial charge in [-0.25, -0.2) is 0 Å². The van der Waals surface area contributed by atoms with E-state index in [1.54, 1.807) is 0 Å². The number of rotatable bonds is 3. The fraction of sp³-hybridized carbons (Fsp3) is 0.214. The Kier molecular flexibility index (Phi) is 3.14. The van der Waals surface area contributed by atoms with Crippen LogP contribution >= 0.6 is 24.0 Å². The SMILES string of the molecule is NC(=S)c1cccn1CC1CSc2ccccc21. The first kappa shape index (κ1) is 11.8. The van der Waals surface area contributed by atoms with Crippen LogP contribution in [0.4, 0.5) is 0 Å². The molecule has 1 atom stereocenters. The molecule has 0 spiro atoms. The zero-order valence-electron chi connectivity index (χ0n) is 9.87. The van der Waals surface area contributed by atoms with E-state index in [9.17, 15) is 0 Å². The van der Waals surface area contributed by atoms with E-state index in [1.807, 2.05) is 23.9 Å². The van der Waals surface area contributed by atoms with Gasteiger partial charge in [0.25, 0.3) is 0 Å². The van der Waals surface area contributed by atoms with Crippen LogP contribution in [0.15, 0.2) is 47.5 Å². The predicted molar refractivity (Wildman–Crippen MR) is 80.2 cm³/mol. The summed E-state index contributed by atoms with van der Waals surface area (Å²) >= 11 is 7.01. The predicted octanol–water partition coefficient (Wildman–Crippen LogP) is 3.01. The van der Waals surface area contributed by atoms with Crippen molar-refractivity contribution in [2.75, 3.05) is 5.75 Å². The van der Waals surface area contributed by atoms with Crippen molar-refractivity contribution in [1.82, 2.24) is 4.57 Å². The molecule has 0 radical (unpaired) electrons. The molecule has 0 bridgehead atoms. The number of nitrogens with zero attached hydrogens (tertiary/aromatic N) is 1. The van der Waals surface area contributed by atoms with E-state index in [2.05, 4.69) is 35.0 Å². The van der Waals surface area contributed by atoms with Crippen LogP contribution in [0.25, 0.3) is 0 Å². The third kappa shape index (κ3) is 2.06. The number of nitrogens with two attached hydrogens (primary N) is 1. The molecule has 0 saturated heterocycles. The van der Waals surface area contributed by atoms with Crippen molar-refractivity contribution >= 4 is 29.0 Å². The Morgan fingerprint density at radius 1 is 1.33 bits per heavy atom. The standard InChI is InChI=1S/C14H14N2S2/c15-14(17)12-5-3-7-16(12)8-10-9-18-13-6-2-1-4-11(10)13/h1-7,10H,8-9H2,(H2,15,17). The molecule has 0 amide bonds. The summed E-state index contributed by atoms with van der Waals surface area (Å²) in [4.78, 5) is 1.88. The van der Waals surface area contributed by atoms with Crippen LogP contribution in [0.2, 0.25) is 0 Å². The average Bonchev–Trinajstić information content (AvgIpc) is 2.97. The number of benzene rings is 1. The van der Waals surface area contributed by atoms with Crippen molar-refractivity contribution < 1.29 is 0 Å². The fourth-order valence-electron chi connectivity index (χ4n) is 2.41. The Hall–Kier alpha value is -1.26. The summed E-state index contributed by atoms with van der Waals surface area (Å²) in [6.07, 6.45) is 2.06. The second-order valence-corrected chi connectivity index (χ2v) is 5.96. The van der Waals surface area contributed by atoms with Crippen LogP contribution in [-0.4, -0.2) is 15.3 Å². The highest BCUT2D eigenvalue weighted by molar-refractivity contribution is 7.99. The molecule has 1 aromatic carbocycles. The number of thioether (sulfide) groups is 1. The normalized spacial score (nSPS) is 17.7. The molecule has 0 saturated carbocycles. The zero-order chi connectivity index (χ0) is 12.5. The van der Waals surface area contributed by atoms with E-state index in [-0.39, 0.29) is 0 Å². The Labute approximate surface area is 116 Å². The number of fused-ring (bicyclic) bond motifs is 1. The quantitative estimate of drug-likeness (QED) is 0.873. The molecule has 1 aliphatic rings. The monoisotopic (exact) mass is 274 g/mol. The molecule has 2 aromatic rings. The minimum Gasteiger partial charge on any atom is -0.388 e. The molecule has 1 aliphatic heterocycles. The molecule has 1 unspecified atom stereocenters. The van der Waals surface area contributed by atoms with Crippen molar-refractivity contribution in [3.63, 3.8) is 0 Å². The molecule has 0 fully saturated rings. The van der Waals surface area contributed by atoms with E-state index < -0.39 is 0 Å².